The minimum absolute atomic E-state index is 0.0296. The van der Waals surface area contributed by atoms with Crippen molar-refractivity contribution in [2.24, 2.45) is 11.8 Å². The van der Waals surface area contributed by atoms with Gasteiger partial charge in [0.2, 0.25) is 0 Å². The van der Waals surface area contributed by atoms with Crippen LogP contribution in [0.4, 0.5) is 9.59 Å². The lowest BCUT2D eigenvalue weighted by atomic mass is 9.82. The lowest BCUT2D eigenvalue weighted by Crippen LogP contribution is -2.35. The lowest BCUT2D eigenvalue weighted by Gasteiger charge is -2.28. The van der Waals surface area contributed by atoms with Crippen molar-refractivity contribution in [2.45, 2.75) is 25.7 Å². The van der Waals surface area contributed by atoms with Crippen LogP contribution in [0.5, 0.6) is 0 Å². The van der Waals surface area contributed by atoms with Crippen LogP contribution < -0.4 is 10.6 Å². The summed E-state index contributed by atoms with van der Waals surface area (Å²) in [6.45, 7) is 0.888. The number of esters is 2. The molecule has 0 aromatic heterocycles. The Labute approximate surface area is 185 Å². The minimum Gasteiger partial charge on any atom is -0.461 e. The summed E-state index contributed by atoms with van der Waals surface area (Å²) in [5.41, 5.74) is 0. The smallest absolute Gasteiger partial charge is 0.407 e. The van der Waals surface area contributed by atoms with Crippen molar-refractivity contribution in [3.63, 3.8) is 0 Å². The van der Waals surface area contributed by atoms with Gasteiger partial charge >= 0.3 is 24.1 Å². The predicted molar refractivity (Wildman–Crippen MR) is 108 cm³/mol. The van der Waals surface area contributed by atoms with Crippen molar-refractivity contribution < 1.29 is 38.1 Å². The van der Waals surface area contributed by atoms with Gasteiger partial charge < -0.3 is 29.6 Å². The molecule has 0 atom stereocenters. The number of alkyl halides is 2. The second-order valence-electron chi connectivity index (χ2n) is 6.63. The molecule has 1 fully saturated rings. The summed E-state index contributed by atoms with van der Waals surface area (Å²) < 4.78 is 19.2. The Balaban J connectivity index is 2.03. The molecule has 0 aromatic carbocycles. The standard InChI is InChI=1S/C18H28Cl2N2O8/c19-9-15(23)27-5-7-29-17(25)21-11-13-1-2-14(4-3-13)12-22-18(26)30-8-6-28-16(24)10-20/h13-14H,1-12H2,(H,21,25)(H,22,26). The SMILES string of the molecule is O=C(CCl)OCCOC(=O)NCC1CCC(CNC(=O)OCCOC(=O)CCl)CC1. The molecule has 0 bridgehead atoms. The van der Waals surface area contributed by atoms with E-state index < -0.39 is 24.1 Å². The van der Waals surface area contributed by atoms with Gasteiger partial charge in [-0.3, -0.25) is 9.59 Å². The number of hydrogen-bond donors (Lipinski definition) is 2. The Kier molecular flexibility index (Phi) is 13.8. The van der Waals surface area contributed by atoms with Gasteiger partial charge in [-0.05, 0) is 37.5 Å². The second kappa shape index (κ2) is 15.8. The summed E-state index contributed by atoms with van der Waals surface area (Å²) in [5.74, 6) is -0.922. The monoisotopic (exact) mass is 470 g/mol. The Hall–Kier alpha value is -1.94. The number of ether oxygens (including phenoxy) is 4. The summed E-state index contributed by atoms with van der Waals surface area (Å²) in [6.07, 6.45) is 2.57. The van der Waals surface area contributed by atoms with Gasteiger partial charge in [0, 0.05) is 13.1 Å². The lowest BCUT2D eigenvalue weighted by molar-refractivity contribution is -0.142. The fraction of sp³-hybridized carbons (Fsp3) is 0.778. The average Bonchev–Trinajstić information content (AvgIpc) is 2.76. The molecule has 2 N–H and O–H groups in total. The second-order valence-corrected chi connectivity index (χ2v) is 7.16. The number of halogens is 2. The van der Waals surface area contributed by atoms with Crippen LogP contribution >= 0.6 is 23.2 Å². The Morgan fingerprint density at radius 2 is 0.967 bits per heavy atom. The molecule has 10 nitrogen and oxygen atoms in total. The zero-order valence-corrected chi connectivity index (χ0v) is 18.2. The number of rotatable bonds is 12. The normalized spacial score (nSPS) is 18.1. The molecule has 1 aliphatic rings. The van der Waals surface area contributed by atoms with Crippen LogP contribution in [0.1, 0.15) is 25.7 Å². The van der Waals surface area contributed by atoms with Crippen LogP contribution in [0, 0.1) is 11.8 Å². The maximum Gasteiger partial charge on any atom is 0.407 e. The van der Waals surface area contributed by atoms with Gasteiger partial charge in [-0.25, -0.2) is 9.59 Å². The maximum atomic E-state index is 11.6. The van der Waals surface area contributed by atoms with Crippen molar-refractivity contribution in [3.8, 4) is 0 Å². The summed E-state index contributed by atoms with van der Waals surface area (Å²) in [5, 5.41) is 5.40. The Morgan fingerprint density at radius 1 is 0.633 bits per heavy atom. The largest absolute Gasteiger partial charge is 0.461 e. The molecular weight excluding hydrogens is 443 g/mol. The molecule has 0 aromatic rings. The quantitative estimate of drug-likeness (QED) is 0.191. The number of carbonyl (C=O) groups is 4. The van der Waals surface area contributed by atoms with Gasteiger partial charge in [0.05, 0.1) is 0 Å². The van der Waals surface area contributed by atoms with Crippen molar-refractivity contribution in [1.82, 2.24) is 10.6 Å². The molecule has 2 amide bonds. The first-order valence-corrected chi connectivity index (χ1v) is 10.8. The number of nitrogens with one attached hydrogen (secondary N) is 2. The molecule has 172 valence electrons. The fourth-order valence-electron chi connectivity index (χ4n) is 2.85. The minimum atomic E-state index is -0.562. The summed E-state index contributed by atoms with van der Waals surface area (Å²) in [7, 11) is 0. The highest BCUT2D eigenvalue weighted by molar-refractivity contribution is 6.26. The first kappa shape index (κ1) is 26.1. The summed E-state index contributed by atoms with van der Waals surface area (Å²) in [4.78, 5) is 44.9. The number of amides is 2. The molecule has 0 spiro atoms. The third-order valence-corrected chi connectivity index (χ3v) is 4.85. The van der Waals surface area contributed by atoms with Crippen LogP contribution in [-0.4, -0.2) is 75.4 Å². The van der Waals surface area contributed by atoms with E-state index in [4.69, 9.17) is 32.7 Å². The molecule has 1 saturated carbocycles. The molecule has 30 heavy (non-hydrogen) atoms. The zero-order chi connectivity index (χ0) is 22.2. The van der Waals surface area contributed by atoms with E-state index in [1.54, 1.807) is 0 Å². The zero-order valence-electron chi connectivity index (χ0n) is 16.7. The third kappa shape index (κ3) is 12.6. The highest BCUT2D eigenvalue weighted by Gasteiger charge is 2.22. The van der Waals surface area contributed by atoms with E-state index in [0.29, 0.717) is 24.9 Å². The van der Waals surface area contributed by atoms with E-state index in [-0.39, 0.29) is 38.2 Å². The van der Waals surface area contributed by atoms with Crippen LogP contribution in [-0.2, 0) is 28.5 Å². The molecular formula is C18H28Cl2N2O8. The average molecular weight is 471 g/mol. The van der Waals surface area contributed by atoms with Gasteiger partial charge in [0.25, 0.3) is 0 Å². The van der Waals surface area contributed by atoms with Crippen LogP contribution in [0.3, 0.4) is 0 Å². The van der Waals surface area contributed by atoms with Crippen LogP contribution in [0.25, 0.3) is 0 Å². The number of carbonyl (C=O) groups excluding carboxylic acids is 4. The maximum absolute atomic E-state index is 11.6. The molecule has 1 rings (SSSR count). The molecule has 0 heterocycles. The van der Waals surface area contributed by atoms with E-state index in [1.165, 1.54) is 0 Å². The van der Waals surface area contributed by atoms with Crippen molar-refractivity contribution >= 4 is 47.3 Å². The highest BCUT2D eigenvalue weighted by atomic mass is 35.5. The summed E-state index contributed by atoms with van der Waals surface area (Å²) >= 11 is 10.5. The van der Waals surface area contributed by atoms with Gasteiger partial charge in [-0.2, -0.15) is 0 Å². The topological polar surface area (TPSA) is 129 Å². The predicted octanol–water partition coefficient (Wildman–Crippen LogP) is 1.81. The van der Waals surface area contributed by atoms with E-state index in [9.17, 15) is 19.2 Å². The van der Waals surface area contributed by atoms with Crippen molar-refractivity contribution in [1.29, 1.82) is 0 Å². The molecule has 12 heteroatoms. The Morgan fingerprint density at radius 3 is 1.30 bits per heavy atom. The third-order valence-electron chi connectivity index (χ3n) is 4.41. The van der Waals surface area contributed by atoms with Crippen molar-refractivity contribution in [2.75, 3.05) is 51.3 Å². The molecule has 0 unspecified atom stereocenters. The highest BCUT2D eigenvalue weighted by Crippen LogP contribution is 2.27. The first-order valence-electron chi connectivity index (χ1n) is 9.69. The number of hydrogen-bond acceptors (Lipinski definition) is 8. The first-order chi connectivity index (χ1) is 14.4. The van der Waals surface area contributed by atoms with E-state index >= 15 is 0 Å². The molecule has 0 radical (unpaired) electrons. The fourth-order valence-corrected chi connectivity index (χ4v) is 3.01. The van der Waals surface area contributed by atoms with Crippen LogP contribution in [0.2, 0.25) is 0 Å². The van der Waals surface area contributed by atoms with E-state index in [1.807, 2.05) is 0 Å². The molecule has 1 aliphatic carbocycles. The van der Waals surface area contributed by atoms with Gasteiger partial charge in [-0.15, -0.1) is 23.2 Å². The van der Waals surface area contributed by atoms with Gasteiger partial charge in [-0.1, -0.05) is 0 Å². The molecule has 0 aliphatic heterocycles. The summed E-state index contributed by atoms with van der Waals surface area (Å²) in [6, 6.07) is 0. The van der Waals surface area contributed by atoms with Gasteiger partial charge in [0.15, 0.2) is 0 Å². The number of alkyl carbamates (subject to hydrolysis) is 2. The van der Waals surface area contributed by atoms with Crippen LogP contribution in [0.15, 0.2) is 0 Å². The van der Waals surface area contributed by atoms with Gasteiger partial charge in [0.1, 0.15) is 38.2 Å². The van der Waals surface area contributed by atoms with E-state index in [2.05, 4.69) is 20.1 Å². The van der Waals surface area contributed by atoms with E-state index in [0.717, 1.165) is 25.7 Å². The van der Waals surface area contributed by atoms with Crippen molar-refractivity contribution in [3.05, 3.63) is 0 Å². The molecule has 0 saturated heterocycles. The Bertz CT molecular complexity index is 508.